The Balaban J connectivity index is 1.79. The number of hydrogen-bond donors (Lipinski definition) is 0. The summed E-state index contributed by atoms with van der Waals surface area (Å²) in [5.74, 6) is 0.386. The summed E-state index contributed by atoms with van der Waals surface area (Å²) in [6, 6.07) is 5.69. The predicted octanol–water partition coefficient (Wildman–Crippen LogP) is 5.04. The van der Waals surface area contributed by atoms with Crippen LogP contribution in [0.25, 0.3) is 0 Å². The predicted molar refractivity (Wildman–Crippen MR) is 106 cm³/mol. The third-order valence-corrected chi connectivity index (χ3v) is 5.99. The van der Waals surface area contributed by atoms with E-state index < -0.39 is 0 Å². The molecule has 142 valence electrons. The lowest BCUT2D eigenvalue weighted by atomic mass is 9.67. The summed E-state index contributed by atoms with van der Waals surface area (Å²) >= 11 is 6.47. The third-order valence-electron chi connectivity index (χ3n) is 5.69. The van der Waals surface area contributed by atoms with Gasteiger partial charge in [0.2, 0.25) is 0 Å². The Morgan fingerprint density at radius 1 is 1.11 bits per heavy atom. The van der Waals surface area contributed by atoms with Gasteiger partial charge in [0.1, 0.15) is 11.5 Å². The number of halogens is 1. The van der Waals surface area contributed by atoms with Crippen LogP contribution in [0.4, 0.5) is 0 Å². The summed E-state index contributed by atoms with van der Waals surface area (Å²) in [5, 5.41) is 0.527. The monoisotopic (exact) mass is 385 g/mol. The largest absolute Gasteiger partial charge is 0.492 e. The van der Waals surface area contributed by atoms with Gasteiger partial charge in [-0.2, -0.15) is 0 Å². The number of aliphatic imine (C=N–C) groups is 1. The fourth-order valence-electron chi connectivity index (χ4n) is 4.50. The number of allylic oxidation sites excluding steroid dienone is 2. The van der Waals surface area contributed by atoms with Crippen LogP contribution in [0, 0.1) is 5.92 Å². The van der Waals surface area contributed by atoms with Gasteiger partial charge in [0.25, 0.3) is 0 Å². The van der Waals surface area contributed by atoms with Crippen LogP contribution in [0.3, 0.4) is 0 Å². The molecule has 27 heavy (non-hydrogen) atoms. The third kappa shape index (κ3) is 3.36. The molecule has 2 aliphatic carbocycles. The van der Waals surface area contributed by atoms with Gasteiger partial charge in [-0.25, -0.2) is 0 Å². The topological polar surface area (TPSA) is 55.7 Å². The van der Waals surface area contributed by atoms with Gasteiger partial charge in [0, 0.05) is 35.7 Å². The number of ketones is 2. The van der Waals surface area contributed by atoms with E-state index in [1.54, 1.807) is 0 Å². The SMILES string of the molecule is CCCOc1ccc([C@H]2C3=C(CCCC3=O)N=C3CCCC(=O)C32)cc1Cl. The van der Waals surface area contributed by atoms with Crippen LogP contribution in [0.5, 0.6) is 5.75 Å². The highest BCUT2D eigenvalue weighted by Gasteiger charge is 2.44. The van der Waals surface area contributed by atoms with Crippen molar-refractivity contribution in [3.05, 3.63) is 40.1 Å². The molecule has 0 N–H and O–H groups in total. The maximum absolute atomic E-state index is 12.8. The Kier molecular flexibility index (Phi) is 5.18. The van der Waals surface area contributed by atoms with Crippen molar-refractivity contribution < 1.29 is 14.3 Å². The van der Waals surface area contributed by atoms with E-state index in [0.29, 0.717) is 30.2 Å². The normalized spacial score (nSPS) is 25.0. The summed E-state index contributed by atoms with van der Waals surface area (Å²) in [5.41, 5.74) is 3.49. The Morgan fingerprint density at radius 2 is 1.93 bits per heavy atom. The minimum Gasteiger partial charge on any atom is -0.492 e. The smallest absolute Gasteiger partial charge is 0.161 e. The number of nitrogens with zero attached hydrogens (tertiary/aromatic N) is 1. The van der Waals surface area contributed by atoms with Gasteiger partial charge in [-0.05, 0) is 49.8 Å². The van der Waals surface area contributed by atoms with Gasteiger partial charge in [-0.1, -0.05) is 24.6 Å². The maximum atomic E-state index is 12.8. The van der Waals surface area contributed by atoms with Crippen LogP contribution in [-0.4, -0.2) is 23.9 Å². The molecule has 0 aromatic heterocycles. The van der Waals surface area contributed by atoms with Crippen molar-refractivity contribution in [2.24, 2.45) is 10.9 Å². The average Bonchev–Trinajstić information content (AvgIpc) is 2.66. The van der Waals surface area contributed by atoms with Crippen LogP contribution in [0.2, 0.25) is 5.02 Å². The lowest BCUT2D eigenvalue weighted by Crippen LogP contribution is -2.39. The first-order valence-electron chi connectivity index (χ1n) is 9.88. The molecule has 1 fully saturated rings. The van der Waals surface area contributed by atoms with Gasteiger partial charge in [0.15, 0.2) is 5.78 Å². The minimum absolute atomic E-state index is 0.129. The van der Waals surface area contributed by atoms with Crippen LogP contribution in [0.15, 0.2) is 34.5 Å². The molecule has 1 unspecified atom stereocenters. The fraction of sp³-hybridized carbons (Fsp3) is 0.500. The van der Waals surface area contributed by atoms with E-state index in [-0.39, 0.29) is 23.4 Å². The van der Waals surface area contributed by atoms with E-state index in [9.17, 15) is 9.59 Å². The van der Waals surface area contributed by atoms with Crippen LogP contribution >= 0.6 is 11.6 Å². The Bertz CT molecular complexity index is 855. The molecule has 0 radical (unpaired) electrons. The number of rotatable bonds is 4. The standard InChI is InChI=1S/C22H24ClNO3/c1-2-11-27-19-10-9-13(12-14(19)23)20-21-15(5-3-7-17(21)25)24-16-6-4-8-18(26)22(16)20/h9-10,12,20-21H,2-8,11H2,1H3/t20-,21?/m1/s1. The van der Waals surface area contributed by atoms with E-state index in [4.69, 9.17) is 21.3 Å². The van der Waals surface area contributed by atoms with Crippen LogP contribution in [-0.2, 0) is 9.59 Å². The number of hydrogen-bond acceptors (Lipinski definition) is 4. The molecular weight excluding hydrogens is 362 g/mol. The van der Waals surface area contributed by atoms with E-state index in [1.807, 2.05) is 25.1 Å². The summed E-state index contributed by atoms with van der Waals surface area (Å²) in [6.07, 6.45) is 5.33. The second kappa shape index (κ2) is 7.59. The zero-order valence-electron chi connectivity index (χ0n) is 15.6. The van der Waals surface area contributed by atoms with Crippen LogP contribution < -0.4 is 4.74 Å². The highest BCUT2D eigenvalue weighted by Crippen LogP contribution is 2.46. The van der Waals surface area contributed by atoms with Gasteiger partial charge in [-0.3, -0.25) is 14.6 Å². The fourth-order valence-corrected chi connectivity index (χ4v) is 4.74. The summed E-state index contributed by atoms with van der Waals surface area (Å²) in [4.78, 5) is 30.4. The van der Waals surface area contributed by atoms with E-state index >= 15 is 0 Å². The lowest BCUT2D eigenvalue weighted by molar-refractivity contribution is -0.122. The first-order valence-corrected chi connectivity index (χ1v) is 10.3. The Hall–Kier alpha value is -1.94. The molecule has 5 heteroatoms. The van der Waals surface area contributed by atoms with Crippen molar-refractivity contribution in [2.45, 2.75) is 57.8 Å². The van der Waals surface area contributed by atoms with Gasteiger partial charge in [0.05, 0.1) is 17.5 Å². The van der Waals surface area contributed by atoms with E-state index in [1.165, 1.54) is 0 Å². The summed E-state index contributed by atoms with van der Waals surface area (Å²) in [6.45, 7) is 2.65. The molecule has 1 aliphatic heterocycles. The zero-order chi connectivity index (χ0) is 19.0. The molecule has 0 amide bonds. The molecule has 1 saturated carbocycles. The molecule has 0 bridgehead atoms. The lowest BCUT2D eigenvalue weighted by Gasteiger charge is -2.38. The summed E-state index contributed by atoms with van der Waals surface area (Å²) in [7, 11) is 0. The second-order valence-electron chi connectivity index (χ2n) is 7.55. The number of carbonyl (C=O) groups excluding carboxylic acids is 2. The second-order valence-corrected chi connectivity index (χ2v) is 7.96. The number of fused-ring (bicyclic) bond motifs is 1. The number of benzene rings is 1. The van der Waals surface area contributed by atoms with Crippen molar-refractivity contribution in [3.8, 4) is 5.75 Å². The number of carbonyl (C=O) groups is 2. The van der Waals surface area contributed by atoms with E-state index in [0.717, 1.165) is 54.6 Å². The molecule has 1 aromatic carbocycles. The molecular formula is C22H24ClNO3. The van der Waals surface area contributed by atoms with Gasteiger partial charge in [-0.15, -0.1) is 0 Å². The molecule has 1 aromatic rings. The van der Waals surface area contributed by atoms with Crippen molar-refractivity contribution >= 4 is 28.9 Å². The molecule has 0 saturated heterocycles. The highest BCUT2D eigenvalue weighted by atomic mass is 35.5. The van der Waals surface area contributed by atoms with Crippen molar-refractivity contribution in [1.82, 2.24) is 0 Å². The first kappa shape index (κ1) is 18.4. The van der Waals surface area contributed by atoms with Crippen molar-refractivity contribution in [3.63, 3.8) is 0 Å². The quantitative estimate of drug-likeness (QED) is 0.729. The molecule has 4 nitrogen and oxygen atoms in total. The minimum atomic E-state index is -0.321. The van der Waals surface area contributed by atoms with Crippen molar-refractivity contribution in [2.75, 3.05) is 6.61 Å². The first-order chi connectivity index (χ1) is 13.1. The molecule has 1 heterocycles. The average molecular weight is 386 g/mol. The van der Waals surface area contributed by atoms with Gasteiger partial charge >= 0.3 is 0 Å². The van der Waals surface area contributed by atoms with Gasteiger partial charge < -0.3 is 4.74 Å². The Morgan fingerprint density at radius 3 is 2.70 bits per heavy atom. The number of Topliss-reactive ketones (excluding diaryl/α,β-unsaturated/α-hetero) is 2. The molecule has 3 aliphatic rings. The zero-order valence-corrected chi connectivity index (χ0v) is 16.3. The van der Waals surface area contributed by atoms with Crippen molar-refractivity contribution in [1.29, 1.82) is 0 Å². The maximum Gasteiger partial charge on any atom is 0.161 e. The molecule has 4 rings (SSSR count). The van der Waals surface area contributed by atoms with E-state index in [2.05, 4.69) is 0 Å². The molecule has 0 spiro atoms. The number of ether oxygens (including phenoxy) is 1. The molecule has 2 atom stereocenters. The Labute approximate surface area is 164 Å². The van der Waals surface area contributed by atoms with Crippen LogP contribution in [0.1, 0.15) is 63.4 Å². The summed E-state index contributed by atoms with van der Waals surface area (Å²) < 4.78 is 5.68. The highest BCUT2D eigenvalue weighted by molar-refractivity contribution is 6.32.